The van der Waals surface area contributed by atoms with Gasteiger partial charge in [0, 0.05) is 11.6 Å². The molecular weight excluding hydrogens is 300 g/mol. The number of esters is 1. The van der Waals surface area contributed by atoms with E-state index < -0.39 is 27.5 Å². The van der Waals surface area contributed by atoms with E-state index in [1.807, 2.05) is 6.92 Å². The molecular formula is C13H22O7S. The van der Waals surface area contributed by atoms with Gasteiger partial charge in [0.2, 0.25) is 5.44 Å². The van der Waals surface area contributed by atoms with Crippen molar-refractivity contribution in [3.63, 3.8) is 0 Å². The van der Waals surface area contributed by atoms with E-state index in [0.717, 1.165) is 19.3 Å². The van der Waals surface area contributed by atoms with Crippen LogP contribution >= 0.6 is 0 Å². The largest absolute Gasteiger partial charge is 0.478 e. The molecule has 8 heteroatoms. The maximum absolute atomic E-state index is 11.8. The molecule has 1 atom stereocenters. The molecule has 0 radical (unpaired) electrons. The molecule has 0 heterocycles. The summed E-state index contributed by atoms with van der Waals surface area (Å²) < 4.78 is 35.5. The minimum absolute atomic E-state index is 0.110. The number of rotatable bonds is 10. The lowest BCUT2D eigenvalue weighted by Gasteiger charge is -2.14. The van der Waals surface area contributed by atoms with Gasteiger partial charge in [-0.15, -0.1) is 0 Å². The number of hydrogen-bond donors (Lipinski definition) is 2. The van der Waals surface area contributed by atoms with Crippen LogP contribution in [0.2, 0.25) is 0 Å². The Morgan fingerprint density at radius 1 is 1.19 bits per heavy atom. The molecule has 0 aliphatic carbocycles. The van der Waals surface area contributed by atoms with Gasteiger partial charge in [-0.05, 0) is 19.3 Å². The van der Waals surface area contributed by atoms with Crippen LogP contribution in [0.5, 0.6) is 0 Å². The summed E-state index contributed by atoms with van der Waals surface area (Å²) in [6.07, 6.45) is 4.15. The Labute approximate surface area is 124 Å². The van der Waals surface area contributed by atoms with Crippen LogP contribution in [0.4, 0.5) is 0 Å². The van der Waals surface area contributed by atoms with Crippen molar-refractivity contribution in [1.82, 2.24) is 0 Å². The molecule has 0 aliphatic rings. The second-order valence-electron chi connectivity index (χ2n) is 4.58. The fourth-order valence-electron chi connectivity index (χ4n) is 1.67. The Morgan fingerprint density at radius 2 is 1.81 bits per heavy atom. The van der Waals surface area contributed by atoms with Crippen molar-refractivity contribution in [1.29, 1.82) is 0 Å². The van der Waals surface area contributed by atoms with Gasteiger partial charge in [0.05, 0.1) is 0 Å². The van der Waals surface area contributed by atoms with Gasteiger partial charge < -0.3 is 9.84 Å². The van der Waals surface area contributed by atoms with Crippen molar-refractivity contribution in [3.8, 4) is 0 Å². The molecule has 0 aromatic rings. The SMILES string of the molecule is CCCCCCC(=CC(=O)O)C(=O)OC(CC)S(=O)(=O)O. The second kappa shape index (κ2) is 9.51. The minimum Gasteiger partial charge on any atom is -0.478 e. The summed E-state index contributed by atoms with van der Waals surface area (Å²) >= 11 is 0. The van der Waals surface area contributed by atoms with Crippen molar-refractivity contribution in [2.45, 2.75) is 57.8 Å². The molecule has 0 spiro atoms. The second-order valence-corrected chi connectivity index (χ2v) is 6.13. The van der Waals surface area contributed by atoms with Crippen LogP contribution in [-0.2, 0) is 24.4 Å². The van der Waals surface area contributed by atoms with Crippen LogP contribution in [0.1, 0.15) is 52.4 Å². The van der Waals surface area contributed by atoms with E-state index in [0.29, 0.717) is 12.5 Å². The zero-order valence-electron chi connectivity index (χ0n) is 12.2. The molecule has 2 N–H and O–H groups in total. The highest BCUT2D eigenvalue weighted by atomic mass is 32.2. The number of unbranched alkanes of at least 4 members (excludes halogenated alkanes) is 3. The van der Waals surface area contributed by atoms with E-state index in [-0.39, 0.29) is 18.4 Å². The molecule has 21 heavy (non-hydrogen) atoms. The average molecular weight is 322 g/mol. The first-order valence-corrected chi connectivity index (χ1v) is 8.33. The lowest BCUT2D eigenvalue weighted by molar-refractivity contribution is -0.142. The van der Waals surface area contributed by atoms with Crippen LogP contribution in [0.15, 0.2) is 11.6 Å². The van der Waals surface area contributed by atoms with Gasteiger partial charge >= 0.3 is 22.1 Å². The van der Waals surface area contributed by atoms with E-state index in [1.54, 1.807) is 0 Å². The van der Waals surface area contributed by atoms with E-state index in [9.17, 15) is 18.0 Å². The molecule has 0 aromatic carbocycles. The third kappa shape index (κ3) is 8.46. The number of carboxylic acid groups (broad SMARTS) is 1. The molecule has 0 saturated carbocycles. The van der Waals surface area contributed by atoms with Crippen LogP contribution in [-0.4, -0.2) is 35.5 Å². The van der Waals surface area contributed by atoms with Gasteiger partial charge in [0.25, 0.3) is 0 Å². The van der Waals surface area contributed by atoms with Gasteiger partial charge in [-0.2, -0.15) is 8.42 Å². The monoisotopic (exact) mass is 322 g/mol. The number of carbonyl (C=O) groups is 2. The summed E-state index contributed by atoms with van der Waals surface area (Å²) in [6, 6.07) is 0. The normalized spacial score (nSPS) is 13.8. The van der Waals surface area contributed by atoms with Gasteiger partial charge in [-0.3, -0.25) is 4.55 Å². The van der Waals surface area contributed by atoms with Crippen LogP contribution in [0.25, 0.3) is 0 Å². The number of carbonyl (C=O) groups excluding carboxylic acids is 1. The number of hydrogen-bond acceptors (Lipinski definition) is 5. The maximum atomic E-state index is 11.8. The molecule has 0 rings (SSSR count). The zero-order chi connectivity index (χ0) is 16.5. The van der Waals surface area contributed by atoms with Crippen molar-refractivity contribution in [2.75, 3.05) is 0 Å². The molecule has 0 bridgehead atoms. The smallest absolute Gasteiger partial charge is 0.335 e. The first-order chi connectivity index (χ1) is 9.72. The Hall–Kier alpha value is -1.41. The fraction of sp³-hybridized carbons (Fsp3) is 0.692. The van der Waals surface area contributed by atoms with Crippen LogP contribution < -0.4 is 0 Å². The van der Waals surface area contributed by atoms with Gasteiger partial charge in [-0.1, -0.05) is 33.1 Å². The molecule has 7 nitrogen and oxygen atoms in total. The molecule has 0 amide bonds. The van der Waals surface area contributed by atoms with Gasteiger partial charge in [0.1, 0.15) is 0 Å². The quantitative estimate of drug-likeness (QED) is 0.274. The lowest BCUT2D eigenvalue weighted by Crippen LogP contribution is -2.27. The summed E-state index contributed by atoms with van der Waals surface area (Å²) in [7, 11) is -4.52. The standard InChI is InChI=1S/C13H22O7S/c1-3-5-6-7-8-10(9-11(14)15)13(16)20-12(4-2)21(17,18)19/h9,12H,3-8H2,1-2H3,(H,14,15)(H,17,18,19). The third-order valence-electron chi connectivity index (χ3n) is 2.76. The summed E-state index contributed by atoms with van der Waals surface area (Å²) in [5.41, 5.74) is -1.79. The Bertz CT molecular complexity index is 479. The Morgan fingerprint density at radius 3 is 2.24 bits per heavy atom. The molecule has 1 unspecified atom stereocenters. The summed E-state index contributed by atoms with van der Waals surface area (Å²) in [5, 5.41) is 8.73. The third-order valence-corrected chi connectivity index (χ3v) is 3.86. The Kier molecular flexibility index (Phi) is 8.87. The molecule has 0 aromatic heterocycles. The molecule has 122 valence electrons. The number of carboxylic acids is 1. The highest BCUT2D eigenvalue weighted by Gasteiger charge is 2.26. The predicted molar refractivity (Wildman–Crippen MR) is 76.2 cm³/mol. The lowest BCUT2D eigenvalue weighted by atomic mass is 10.1. The number of aliphatic carboxylic acids is 1. The fourth-order valence-corrected chi connectivity index (χ4v) is 2.30. The van der Waals surface area contributed by atoms with E-state index in [1.165, 1.54) is 6.92 Å². The number of ether oxygens (including phenoxy) is 1. The van der Waals surface area contributed by atoms with Crippen molar-refractivity contribution < 1.29 is 32.4 Å². The molecule has 0 aliphatic heterocycles. The van der Waals surface area contributed by atoms with E-state index >= 15 is 0 Å². The summed E-state index contributed by atoms with van der Waals surface area (Å²) in [6.45, 7) is 3.44. The molecule has 0 fully saturated rings. The van der Waals surface area contributed by atoms with Crippen LogP contribution in [0.3, 0.4) is 0 Å². The predicted octanol–water partition coefficient (Wildman–Crippen LogP) is 2.13. The summed E-state index contributed by atoms with van der Waals surface area (Å²) in [4.78, 5) is 22.5. The van der Waals surface area contributed by atoms with Gasteiger partial charge in [0.15, 0.2) is 0 Å². The molecule has 0 saturated heterocycles. The minimum atomic E-state index is -4.52. The van der Waals surface area contributed by atoms with Crippen molar-refractivity contribution >= 4 is 22.1 Å². The first-order valence-electron chi connectivity index (χ1n) is 6.83. The van der Waals surface area contributed by atoms with Crippen molar-refractivity contribution in [2.24, 2.45) is 0 Å². The highest BCUT2D eigenvalue weighted by Crippen LogP contribution is 2.15. The summed E-state index contributed by atoms with van der Waals surface area (Å²) in [5.74, 6) is -2.34. The highest BCUT2D eigenvalue weighted by molar-refractivity contribution is 7.86. The van der Waals surface area contributed by atoms with E-state index in [4.69, 9.17) is 9.66 Å². The zero-order valence-corrected chi connectivity index (χ0v) is 13.1. The van der Waals surface area contributed by atoms with Crippen molar-refractivity contribution in [3.05, 3.63) is 11.6 Å². The maximum Gasteiger partial charge on any atom is 0.335 e. The Balaban J connectivity index is 4.84. The average Bonchev–Trinajstić information content (AvgIpc) is 2.37. The topological polar surface area (TPSA) is 118 Å². The first kappa shape index (κ1) is 19.6. The van der Waals surface area contributed by atoms with Crippen LogP contribution in [0, 0.1) is 0 Å². The van der Waals surface area contributed by atoms with E-state index in [2.05, 4.69) is 4.74 Å². The van der Waals surface area contributed by atoms with Gasteiger partial charge in [-0.25, -0.2) is 9.59 Å².